The van der Waals surface area contributed by atoms with Crippen LogP contribution >= 0.6 is 0 Å². The number of nitrogens with zero attached hydrogens (tertiary/aromatic N) is 2. The van der Waals surface area contributed by atoms with E-state index in [0.29, 0.717) is 6.61 Å². The van der Waals surface area contributed by atoms with Crippen molar-refractivity contribution in [2.24, 2.45) is 5.10 Å². The molecule has 0 aromatic carbocycles. The Bertz CT molecular complexity index is 132. The molecule has 4 heteroatoms. The van der Waals surface area contributed by atoms with E-state index in [2.05, 4.69) is 9.84 Å². The zero-order chi connectivity index (χ0) is 7.98. The van der Waals surface area contributed by atoms with Crippen LogP contribution in [0.4, 0.5) is 0 Å². The van der Waals surface area contributed by atoms with Crippen LogP contribution in [-0.2, 0) is 9.53 Å². The lowest BCUT2D eigenvalue weighted by Crippen LogP contribution is -2.09. The molecular formula is C6H12N2O2. The molecule has 0 N–H and O–H groups in total. The van der Waals surface area contributed by atoms with Crippen molar-refractivity contribution >= 4 is 12.2 Å². The normalized spacial score (nSPS) is 9.90. The molecule has 10 heavy (non-hydrogen) atoms. The van der Waals surface area contributed by atoms with Crippen LogP contribution in [0, 0.1) is 0 Å². The molecule has 0 fully saturated rings. The van der Waals surface area contributed by atoms with E-state index < -0.39 is 5.97 Å². The Balaban J connectivity index is 3.56. The maximum absolute atomic E-state index is 10.5. The first kappa shape index (κ1) is 8.94. The summed E-state index contributed by atoms with van der Waals surface area (Å²) in [6.07, 6.45) is 1.14. The summed E-state index contributed by atoms with van der Waals surface area (Å²) in [7, 11) is 3.46. The molecule has 0 aliphatic carbocycles. The topological polar surface area (TPSA) is 41.9 Å². The second kappa shape index (κ2) is 4.78. The fraction of sp³-hybridized carbons (Fsp3) is 0.667. The third-order valence-electron chi connectivity index (χ3n) is 0.681. The molecule has 0 radical (unpaired) electrons. The van der Waals surface area contributed by atoms with Crippen molar-refractivity contribution in [3.8, 4) is 0 Å². The van der Waals surface area contributed by atoms with Crippen LogP contribution in [0.15, 0.2) is 5.10 Å². The highest BCUT2D eigenvalue weighted by Gasteiger charge is 1.92. The van der Waals surface area contributed by atoms with E-state index in [4.69, 9.17) is 0 Å². The van der Waals surface area contributed by atoms with Gasteiger partial charge in [0.2, 0.25) is 0 Å². The number of hydrazone groups is 1. The van der Waals surface area contributed by atoms with Crippen LogP contribution in [0.1, 0.15) is 6.92 Å². The highest BCUT2D eigenvalue weighted by atomic mass is 16.5. The molecule has 0 heterocycles. The van der Waals surface area contributed by atoms with Gasteiger partial charge in [-0.3, -0.25) is 0 Å². The van der Waals surface area contributed by atoms with Crippen molar-refractivity contribution in [1.82, 2.24) is 5.01 Å². The molecule has 0 saturated heterocycles. The predicted molar refractivity (Wildman–Crippen MR) is 38.8 cm³/mol. The Kier molecular flexibility index (Phi) is 4.28. The van der Waals surface area contributed by atoms with Gasteiger partial charge in [-0.1, -0.05) is 0 Å². The number of esters is 1. The van der Waals surface area contributed by atoms with E-state index in [1.54, 1.807) is 21.0 Å². The molecule has 0 unspecified atom stereocenters. The Morgan fingerprint density at radius 2 is 2.30 bits per heavy atom. The molecule has 0 rings (SSSR count). The summed E-state index contributed by atoms with van der Waals surface area (Å²) in [4.78, 5) is 10.5. The van der Waals surface area contributed by atoms with Crippen LogP contribution in [0.25, 0.3) is 0 Å². The van der Waals surface area contributed by atoms with E-state index in [1.165, 1.54) is 5.01 Å². The minimum Gasteiger partial charge on any atom is -0.462 e. The van der Waals surface area contributed by atoms with Gasteiger partial charge in [-0.25, -0.2) is 4.79 Å². The SMILES string of the molecule is CCOC(=O)C=NN(C)C. The number of hydrogen-bond acceptors (Lipinski definition) is 4. The third kappa shape index (κ3) is 5.08. The van der Waals surface area contributed by atoms with Gasteiger partial charge in [-0.2, -0.15) is 5.10 Å². The van der Waals surface area contributed by atoms with E-state index in [-0.39, 0.29) is 0 Å². The molecule has 58 valence electrons. The molecular weight excluding hydrogens is 132 g/mol. The van der Waals surface area contributed by atoms with Crippen molar-refractivity contribution in [2.75, 3.05) is 20.7 Å². The second-order valence-corrected chi connectivity index (χ2v) is 1.84. The molecule has 0 saturated carbocycles. The lowest BCUT2D eigenvalue weighted by molar-refractivity contribution is -0.134. The van der Waals surface area contributed by atoms with Gasteiger partial charge < -0.3 is 9.75 Å². The monoisotopic (exact) mass is 144 g/mol. The summed E-state index contributed by atoms with van der Waals surface area (Å²) in [6.45, 7) is 2.14. The summed E-state index contributed by atoms with van der Waals surface area (Å²) in [6, 6.07) is 0. The van der Waals surface area contributed by atoms with Crippen LogP contribution in [0.5, 0.6) is 0 Å². The van der Waals surface area contributed by atoms with Crippen LogP contribution in [0.3, 0.4) is 0 Å². The largest absolute Gasteiger partial charge is 0.462 e. The molecule has 0 atom stereocenters. The van der Waals surface area contributed by atoms with Crippen LogP contribution in [0.2, 0.25) is 0 Å². The van der Waals surface area contributed by atoms with Gasteiger partial charge in [-0.15, -0.1) is 0 Å². The van der Waals surface area contributed by atoms with E-state index >= 15 is 0 Å². The van der Waals surface area contributed by atoms with Crippen molar-refractivity contribution in [2.45, 2.75) is 6.92 Å². The van der Waals surface area contributed by atoms with Gasteiger partial charge in [0.25, 0.3) is 0 Å². The Labute approximate surface area is 60.5 Å². The maximum Gasteiger partial charge on any atom is 0.351 e. The average molecular weight is 144 g/mol. The molecule has 0 aliphatic heterocycles. The summed E-state index contributed by atoms with van der Waals surface area (Å²) in [5.41, 5.74) is 0. The average Bonchev–Trinajstić information content (AvgIpc) is 1.85. The highest BCUT2D eigenvalue weighted by Crippen LogP contribution is 1.76. The van der Waals surface area contributed by atoms with E-state index in [1.807, 2.05) is 0 Å². The Morgan fingerprint density at radius 3 is 2.70 bits per heavy atom. The van der Waals surface area contributed by atoms with Crippen molar-refractivity contribution in [3.05, 3.63) is 0 Å². The molecule has 0 bridgehead atoms. The zero-order valence-corrected chi connectivity index (χ0v) is 6.50. The lowest BCUT2D eigenvalue weighted by Gasteiger charge is -2.01. The number of carbonyl (C=O) groups excluding carboxylic acids is 1. The quantitative estimate of drug-likeness (QED) is 0.320. The first-order chi connectivity index (χ1) is 4.66. The standard InChI is InChI=1S/C6H12N2O2/c1-4-10-6(9)5-7-8(2)3/h5H,4H2,1-3H3. The smallest absolute Gasteiger partial charge is 0.351 e. The van der Waals surface area contributed by atoms with Gasteiger partial charge in [0.15, 0.2) is 0 Å². The summed E-state index contributed by atoms with van der Waals surface area (Å²) in [5.74, 6) is -0.406. The van der Waals surface area contributed by atoms with Gasteiger partial charge >= 0.3 is 5.97 Å². The molecule has 0 aliphatic rings. The van der Waals surface area contributed by atoms with Gasteiger partial charge in [-0.05, 0) is 6.92 Å². The summed E-state index contributed by atoms with van der Waals surface area (Å²) < 4.78 is 4.58. The number of carbonyl (C=O) groups is 1. The first-order valence-electron chi connectivity index (χ1n) is 3.05. The number of hydrogen-bond donors (Lipinski definition) is 0. The third-order valence-corrected chi connectivity index (χ3v) is 0.681. The van der Waals surface area contributed by atoms with Crippen molar-refractivity contribution in [1.29, 1.82) is 0 Å². The highest BCUT2D eigenvalue weighted by molar-refractivity contribution is 6.23. The van der Waals surface area contributed by atoms with Crippen molar-refractivity contribution < 1.29 is 9.53 Å². The second-order valence-electron chi connectivity index (χ2n) is 1.84. The van der Waals surface area contributed by atoms with Gasteiger partial charge in [0, 0.05) is 14.1 Å². The Morgan fingerprint density at radius 1 is 1.70 bits per heavy atom. The summed E-state index contributed by atoms with van der Waals surface area (Å²) >= 11 is 0. The van der Waals surface area contributed by atoms with E-state index in [9.17, 15) is 4.79 Å². The van der Waals surface area contributed by atoms with Gasteiger partial charge in [0.1, 0.15) is 6.21 Å². The first-order valence-corrected chi connectivity index (χ1v) is 3.05. The number of rotatable bonds is 3. The molecule has 0 spiro atoms. The fourth-order valence-corrected chi connectivity index (χ4v) is 0.342. The van der Waals surface area contributed by atoms with Crippen LogP contribution < -0.4 is 0 Å². The minimum atomic E-state index is -0.406. The molecule has 0 amide bonds. The molecule has 4 nitrogen and oxygen atoms in total. The molecule has 0 aromatic heterocycles. The maximum atomic E-state index is 10.5. The van der Waals surface area contributed by atoms with Gasteiger partial charge in [0.05, 0.1) is 6.61 Å². The lowest BCUT2D eigenvalue weighted by atomic mass is 10.7. The Hall–Kier alpha value is -1.06. The van der Waals surface area contributed by atoms with Crippen molar-refractivity contribution in [3.63, 3.8) is 0 Å². The fourth-order valence-electron chi connectivity index (χ4n) is 0.342. The minimum absolute atomic E-state index is 0.387. The zero-order valence-electron chi connectivity index (χ0n) is 6.50. The molecule has 0 aromatic rings. The van der Waals surface area contributed by atoms with E-state index in [0.717, 1.165) is 6.21 Å². The predicted octanol–water partition coefficient (Wildman–Crippen LogP) is 0.0969. The summed E-state index contributed by atoms with van der Waals surface area (Å²) in [5, 5.41) is 5.20. The number of ether oxygens (including phenoxy) is 1. The van der Waals surface area contributed by atoms with Crippen LogP contribution in [-0.4, -0.2) is 37.9 Å².